The summed E-state index contributed by atoms with van der Waals surface area (Å²) in [6.07, 6.45) is 0.776. The minimum Gasteiger partial charge on any atom is -0.403 e. The smallest absolute Gasteiger partial charge is 0.403 e. The number of halogens is 1. The molecule has 1 aliphatic heterocycles. The fourth-order valence-electron chi connectivity index (χ4n) is 3.10. The zero-order chi connectivity index (χ0) is 17.4. The third-order valence-corrected chi connectivity index (χ3v) is 5.46. The van der Waals surface area contributed by atoms with Crippen molar-refractivity contribution in [2.24, 2.45) is 0 Å². The summed E-state index contributed by atoms with van der Waals surface area (Å²) in [7, 11) is -0.226. The molecule has 0 saturated carbocycles. The number of benzene rings is 2. The molecule has 2 aromatic carbocycles. The highest BCUT2D eigenvalue weighted by molar-refractivity contribution is 6.45. The molecular weight excluding hydrogens is 318 g/mol. The second-order valence-electron chi connectivity index (χ2n) is 7.44. The van der Waals surface area contributed by atoms with Gasteiger partial charge in [0.1, 0.15) is 0 Å². The summed E-state index contributed by atoms with van der Waals surface area (Å²) in [4.78, 5) is 0. The van der Waals surface area contributed by atoms with Crippen molar-refractivity contribution in [1.82, 2.24) is 0 Å². The Labute approximate surface area is 150 Å². The van der Waals surface area contributed by atoms with Crippen molar-refractivity contribution in [1.29, 1.82) is 0 Å². The van der Waals surface area contributed by atoms with Crippen LogP contribution in [0, 0.1) is 0 Å². The third-order valence-electron chi connectivity index (χ3n) is 5.20. The standard InChI is InChI=1S/C20H24BClO2/c1-19(2)20(3,4)24-21(23-19)14-18(15-8-6-5-7-9-15)16-10-12-17(22)13-11-16/h5-13,18H,14H2,1-4H3. The van der Waals surface area contributed by atoms with E-state index in [1.807, 2.05) is 18.2 Å². The molecule has 1 atom stereocenters. The molecule has 0 bridgehead atoms. The molecular formula is C20H24BClO2. The average molecular weight is 343 g/mol. The molecule has 3 rings (SSSR count). The van der Waals surface area contributed by atoms with E-state index in [1.54, 1.807) is 0 Å². The first-order chi connectivity index (χ1) is 11.3. The predicted octanol–water partition coefficient (Wildman–Crippen LogP) is 5.56. The Bertz CT molecular complexity index is 667. The van der Waals surface area contributed by atoms with Crippen LogP contribution in [0.15, 0.2) is 54.6 Å². The second-order valence-corrected chi connectivity index (χ2v) is 7.87. The molecule has 1 fully saturated rings. The van der Waals surface area contributed by atoms with Crippen LogP contribution in [0.4, 0.5) is 0 Å². The van der Waals surface area contributed by atoms with Gasteiger partial charge < -0.3 is 9.31 Å². The van der Waals surface area contributed by atoms with E-state index in [-0.39, 0.29) is 24.2 Å². The zero-order valence-electron chi connectivity index (χ0n) is 14.8. The molecule has 4 heteroatoms. The van der Waals surface area contributed by atoms with Gasteiger partial charge in [-0.3, -0.25) is 0 Å². The molecule has 0 spiro atoms. The Balaban J connectivity index is 1.88. The molecule has 0 amide bonds. The fourth-order valence-corrected chi connectivity index (χ4v) is 3.22. The van der Waals surface area contributed by atoms with Crippen LogP contribution < -0.4 is 0 Å². The van der Waals surface area contributed by atoms with Crippen molar-refractivity contribution in [3.8, 4) is 0 Å². The Kier molecular flexibility index (Phi) is 4.79. The Morgan fingerprint density at radius 2 is 1.33 bits per heavy atom. The monoisotopic (exact) mass is 342 g/mol. The maximum absolute atomic E-state index is 6.21. The van der Waals surface area contributed by atoms with E-state index in [0.29, 0.717) is 0 Å². The summed E-state index contributed by atoms with van der Waals surface area (Å²) in [5.74, 6) is 0.207. The zero-order valence-corrected chi connectivity index (χ0v) is 15.5. The van der Waals surface area contributed by atoms with Crippen LogP contribution in [0.2, 0.25) is 11.3 Å². The van der Waals surface area contributed by atoms with Crippen molar-refractivity contribution in [2.75, 3.05) is 0 Å². The quantitative estimate of drug-likeness (QED) is 0.677. The molecule has 0 aliphatic carbocycles. The maximum atomic E-state index is 6.21. The van der Waals surface area contributed by atoms with Crippen molar-refractivity contribution >= 4 is 18.7 Å². The third kappa shape index (κ3) is 3.54. The van der Waals surface area contributed by atoms with Crippen molar-refractivity contribution in [3.63, 3.8) is 0 Å². The van der Waals surface area contributed by atoms with Crippen LogP contribution in [0.3, 0.4) is 0 Å². The van der Waals surface area contributed by atoms with E-state index in [2.05, 4.69) is 64.1 Å². The van der Waals surface area contributed by atoms with Crippen LogP contribution in [-0.4, -0.2) is 18.3 Å². The molecule has 0 N–H and O–H groups in total. The normalized spacial score (nSPS) is 20.1. The summed E-state index contributed by atoms with van der Waals surface area (Å²) < 4.78 is 12.4. The number of rotatable bonds is 4. The van der Waals surface area contributed by atoms with Gasteiger partial charge in [-0.15, -0.1) is 0 Å². The molecule has 2 aromatic rings. The van der Waals surface area contributed by atoms with E-state index in [9.17, 15) is 0 Å². The van der Waals surface area contributed by atoms with Gasteiger partial charge in [-0.1, -0.05) is 54.1 Å². The minimum atomic E-state index is -0.307. The van der Waals surface area contributed by atoms with E-state index in [1.165, 1.54) is 11.1 Å². The van der Waals surface area contributed by atoms with Gasteiger partial charge in [0.05, 0.1) is 11.2 Å². The van der Waals surface area contributed by atoms with Crippen molar-refractivity contribution in [3.05, 3.63) is 70.7 Å². The summed E-state index contributed by atoms with van der Waals surface area (Å²) >= 11 is 6.06. The van der Waals surface area contributed by atoms with Crippen LogP contribution in [-0.2, 0) is 9.31 Å². The number of hydrogen-bond acceptors (Lipinski definition) is 2. The molecule has 1 unspecified atom stereocenters. The summed E-state index contributed by atoms with van der Waals surface area (Å²) in [6.45, 7) is 8.36. The lowest BCUT2D eigenvalue weighted by molar-refractivity contribution is 0.00578. The van der Waals surface area contributed by atoms with E-state index >= 15 is 0 Å². The second kappa shape index (κ2) is 6.55. The topological polar surface area (TPSA) is 18.5 Å². The van der Waals surface area contributed by atoms with Gasteiger partial charge in [-0.05, 0) is 57.3 Å². The lowest BCUT2D eigenvalue weighted by Crippen LogP contribution is -2.41. The van der Waals surface area contributed by atoms with Crippen LogP contribution in [0.5, 0.6) is 0 Å². The molecule has 1 aliphatic rings. The summed E-state index contributed by atoms with van der Waals surface area (Å²) in [5.41, 5.74) is 1.87. The number of hydrogen-bond donors (Lipinski definition) is 0. The van der Waals surface area contributed by atoms with Gasteiger partial charge in [0.2, 0.25) is 0 Å². The van der Waals surface area contributed by atoms with E-state index in [4.69, 9.17) is 20.9 Å². The molecule has 1 heterocycles. The van der Waals surface area contributed by atoms with Crippen molar-refractivity contribution in [2.45, 2.75) is 51.1 Å². The Morgan fingerprint density at radius 3 is 1.88 bits per heavy atom. The van der Waals surface area contributed by atoms with Crippen LogP contribution in [0.1, 0.15) is 44.7 Å². The van der Waals surface area contributed by atoms with Gasteiger partial charge >= 0.3 is 7.12 Å². The first kappa shape index (κ1) is 17.5. The van der Waals surface area contributed by atoms with Crippen LogP contribution >= 0.6 is 11.6 Å². The van der Waals surface area contributed by atoms with Gasteiger partial charge in [0.25, 0.3) is 0 Å². The summed E-state index contributed by atoms with van der Waals surface area (Å²) in [5, 5.41) is 0.751. The predicted molar refractivity (Wildman–Crippen MR) is 101 cm³/mol. The molecule has 126 valence electrons. The molecule has 1 saturated heterocycles. The fraction of sp³-hybridized carbons (Fsp3) is 0.400. The lowest BCUT2D eigenvalue weighted by atomic mass is 9.72. The Hall–Kier alpha value is -1.29. The average Bonchev–Trinajstić information content (AvgIpc) is 2.74. The first-order valence-electron chi connectivity index (χ1n) is 8.44. The molecule has 2 nitrogen and oxygen atoms in total. The van der Waals surface area contributed by atoms with E-state index in [0.717, 1.165) is 11.3 Å². The molecule has 0 radical (unpaired) electrons. The lowest BCUT2D eigenvalue weighted by Gasteiger charge is -2.32. The largest absolute Gasteiger partial charge is 0.458 e. The highest BCUT2D eigenvalue weighted by atomic mass is 35.5. The van der Waals surface area contributed by atoms with E-state index < -0.39 is 0 Å². The first-order valence-corrected chi connectivity index (χ1v) is 8.82. The molecule has 0 aromatic heterocycles. The van der Waals surface area contributed by atoms with Gasteiger partial charge in [0.15, 0.2) is 0 Å². The summed E-state index contributed by atoms with van der Waals surface area (Å²) in [6, 6.07) is 18.6. The maximum Gasteiger partial charge on any atom is 0.458 e. The highest BCUT2D eigenvalue weighted by Gasteiger charge is 2.51. The van der Waals surface area contributed by atoms with Crippen molar-refractivity contribution < 1.29 is 9.31 Å². The Morgan fingerprint density at radius 1 is 0.833 bits per heavy atom. The van der Waals surface area contributed by atoms with Gasteiger partial charge in [-0.2, -0.15) is 0 Å². The SMILES string of the molecule is CC1(C)OB(CC(c2ccccc2)c2ccc(Cl)cc2)OC1(C)C. The minimum absolute atomic E-state index is 0.207. The van der Waals surface area contributed by atoms with Gasteiger partial charge in [0, 0.05) is 10.9 Å². The molecule has 24 heavy (non-hydrogen) atoms. The van der Waals surface area contributed by atoms with Crippen LogP contribution in [0.25, 0.3) is 0 Å². The highest BCUT2D eigenvalue weighted by Crippen LogP contribution is 2.41. The van der Waals surface area contributed by atoms with Gasteiger partial charge in [-0.25, -0.2) is 0 Å².